The number of fused-ring (bicyclic) bond motifs is 6. The first kappa shape index (κ1) is 26.5. The summed E-state index contributed by atoms with van der Waals surface area (Å²) < 4.78 is 6.93. The van der Waals surface area contributed by atoms with Crippen LogP contribution in [0.1, 0.15) is 6.42 Å². The van der Waals surface area contributed by atoms with Crippen molar-refractivity contribution in [1.82, 2.24) is 0 Å². The fourth-order valence-corrected chi connectivity index (χ4v) is 7.11. The van der Waals surface area contributed by atoms with Crippen LogP contribution in [0, 0.1) is 5.92 Å². The number of nitrogens with zero attached hydrogens (tertiary/aromatic N) is 1. The number of hydrogen-bond acceptors (Lipinski definition) is 2. The van der Waals surface area contributed by atoms with Crippen molar-refractivity contribution in [2.45, 2.75) is 6.42 Å². The SMILES string of the molecule is C1=CC2=CC(N(c3ccc(-c4ccccc4)cc3)c3c(-c4ccccc4)ccc4c3oc3ccc5ccccc5c34)=CCC2C=C1. The van der Waals surface area contributed by atoms with Crippen molar-refractivity contribution in [1.29, 1.82) is 0 Å². The van der Waals surface area contributed by atoms with Gasteiger partial charge in [0.25, 0.3) is 0 Å². The average molecular weight is 590 g/mol. The minimum atomic E-state index is 0.401. The summed E-state index contributed by atoms with van der Waals surface area (Å²) in [6.45, 7) is 0. The molecular weight excluding hydrogens is 558 g/mol. The van der Waals surface area contributed by atoms with Crippen molar-refractivity contribution in [3.8, 4) is 22.3 Å². The summed E-state index contributed by atoms with van der Waals surface area (Å²) in [6, 6.07) is 47.6. The molecule has 0 fully saturated rings. The highest BCUT2D eigenvalue weighted by atomic mass is 16.3. The van der Waals surface area contributed by atoms with Gasteiger partial charge in [0.15, 0.2) is 5.58 Å². The minimum Gasteiger partial charge on any atom is -0.454 e. The van der Waals surface area contributed by atoms with Crippen LogP contribution >= 0.6 is 0 Å². The number of rotatable bonds is 5. The maximum Gasteiger partial charge on any atom is 0.160 e. The molecule has 2 nitrogen and oxygen atoms in total. The molecule has 0 amide bonds. The van der Waals surface area contributed by atoms with E-state index in [9.17, 15) is 0 Å². The highest BCUT2D eigenvalue weighted by Crippen LogP contribution is 2.48. The molecule has 7 aromatic rings. The Kier molecular flexibility index (Phi) is 6.31. The number of hydrogen-bond donors (Lipinski definition) is 0. The molecule has 46 heavy (non-hydrogen) atoms. The standard InChI is InChI=1S/C44H31NO/c1-3-11-30(12-4-1)32-19-23-36(24-20-32)45(37-25-21-31-13-7-8-17-35(31)29-37)43-39(33-14-5-2-6-15-33)26-27-40-42-38-18-10-9-16-34(38)22-28-41(42)46-44(40)43/h1-20,22-29,31H,21H2. The molecular formula is C44H31NO. The third-order valence-electron chi connectivity index (χ3n) is 9.37. The van der Waals surface area contributed by atoms with E-state index in [1.807, 2.05) is 0 Å². The van der Waals surface area contributed by atoms with Crippen molar-refractivity contribution in [3.05, 3.63) is 181 Å². The molecule has 0 aliphatic heterocycles. The van der Waals surface area contributed by atoms with Gasteiger partial charge in [-0.3, -0.25) is 0 Å². The van der Waals surface area contributed by atoms with Crippen molar-refractivity contribution < 1.29 is 4.42 Å². The van der Waals surface area contributed by atoms with Gasteiger partial charge in [-0.15, -0.1) is 0 Å². The van der Waals surface area contributed by atoms with E-state index in [4.69, 9.17) is 4.42 Å². The van der Waals surface area contributed by atoms with Gasteiger partial charge in [0.2, 0.25) is 0 Å². The van der Waals surface area contributed by atoms with Crippen LogP contribution in [-0.4, -0.2) is 0 Å². The zero-order chi connectivity index (χ0) is 30.5. The first-order chi connectivity index (χ1) is 22.8. The van der Waals surface area contributed by atoms with Crippen molar-refractivity contribution >= 4 is 44.1 Å². The Bertz CT molecular complexity index is 2370. The minimum absolute atomic E-state index is 0.401. The summed E-state index contributed by atoms with van der Waals surface area (Å²) in [6.07, 6.45) is 14.5. The predicted molar refractivity (Wildman–Crippen MR) is 193 cm³/mol. The molecule has 218 valence electrons. The van der Waals surface area contributed by atoms with Crippen LogP contribution in [-0.2, 0) is 0 Å². The molecule has 9 rings (SSSR count). The van der Waals surface area contributed by atoms with E-state index >= 15 is 0 Å². The van der Waals surface area contributed by atoms with Gasteiger partial charge in [-0.05, 0) is 69.8 Å². The van der Waals surface area contributed by atoms with Gasteiger partial charge >= 0.3 is 0 Å². The van der Waals surface area contributed by atoms with Crippen molar-refractivity contribution in [3.63, 3.8) is 0 Å². The average Bonchev–Trinajstić information content (AvgIpc) is 3.52. The molecule has 6 aromatic carbocycles. The van der Waals surface area contributed by atoms with Crippen molar-refractivity contribution in [2.75, 3.05) is 4.90 Å². The molecule has 2 aliphatic rings. The van der Waals surface area contributed by atoms with E-state index in [2.05, 4.69) is 175 Å². The topological polar surface area (TPSA) is 16.4 Å². The van der Waals surface area contributed by atoms with E-state index < -0.39 is 0 Å². The molecule has 2 heteroatoms. The molecule has 0 N–H and O–H groups in total. The summed E-state index contributed by atoms with van der Waals surface area (Å²) in [5.74, 6) is 0.401. The quantitative estimate of drug-likeness (QED) is 0.199. The Labute approximate surface area is 268 Å². The van der Waals surface area contributed by atoms with E-state index in [0.29, 0.717) is 5.92 Å². The second-order valence-corrected chi connectivity index (χ2v) is 12.1. The van der Waals surface area contributed by atoms with Gasteiger partial charge in [-0.1, -0.05) is 140 Å². The molecule has 0 saturated carbocycles. The lowest BCUT2D eigenvalue weighted by atomic mass is 9.86. The Balaban J connectivity index is 1.34. The summed E-state index contributed by atoms with van der Waals surface area (Å²) >= 11 is 0. The fraction of sp³-hybridized carbons (Fsp3) is 0.0455. The second kappa shape index (κ2) is 10.9. The molecule has 1 unspecified atom stereocenters. The zero-order valence-corrected chi connectivity index (χ0v) is 25.3. The number of furan rings is 1. The summed E-state index contributed by atoms with van der Waals surface area (Å²) in [5.41, 5.74) is 11.1. The summed E-state index contributed by atoms with van der Waals surface area (Å²) in [4.78, 5) is 2.42. The van der Waals surface area contributed by atoms with Gasteiger partial charge in [0, 0.05) is 33.6 Å². The van der Waals surface area contributed by atoms with Crippen LogP contribution in [0.2, 0.25) is 0 Å². The lowest BCUT2D eigenvalue weighted by Gasteiger charge is -2.32. The molecule has 1 atom stereocenters. The summed E-state index contributed by atoms with van der Waals surface area (Å²) in [7, 11) is 0. The second-order valence-electron chi connectivity index (χ2n) is 12.1. The first-order valence-electron chi connectivity index (χ1n) is 16.0. The highest BCUT2D eigenvalue weighted by Gasteiger charge is 2.27. The third-order valence-corrected chi connectivity index (χ3v) is 9.37. The van der Waals surface area contributed by atoms with Gasteiger partial charge in [-0.25, -0.2) is 0 Å². The van der Waals surface area contributed by atoms with Crippen LogP contribution in [0.4, 0.5) is 11.4 Å². The molecule has 0 radical (unpaired) electrons. The van der Waals surface area contributed by atoms with Gasteiger partial charge in [0.1, 0.15) is 5.58 Å². The number of anilines is 2. The molecule has 1 heterocycles. The maximum absolute atomic E-state index is 6.93. The third kappa shape index (κ3) is 4.42. The lowest BCUT2D eigenvalue weighted by molar-refractivity contribution is 0.669. The molecule has 0 saturated heterocycles. The monoisotopic (exact) mass is 589 g/mol. The Morgan fingerprint density at radius 2 is 1.35 bits per heavy atom. The maximum atomic E-state index is 6.93. The lowest BCUT2D eigenvalue weighted by Crippen LogP contribution is -2.20. The molecule has 2 aliphatic carbocycles. The fourth-order valence-electron chi connectivity index (χ4n) is 7.11. The predicted octanol–water partition coefficient (Wildman–Crippen LogP) is 12.2. The van der Waals surface area contributed by atoms with Crippen LogP contribution in [0.3, 0.4) is 0 Å². The van der Waals surface area contributed by atoms with E-state index in [-0.39, 0.29) is 0 Å². The Morgan fingerprint density at radius 3 is 2.17 bits per heavy atom. The Hall–Kier alpha value is -5.86. The van der Waals surface area contributed by atoms with Gasteiger partial charge < -0.3 is 9.32 Å². The van der Waals surface area contributed by atoms with Gasteiger partial charge in [0.05, 0.1) is 5.69 Å². The van der Waals surface area contributed by atoms with Crippen molar-refractivity contribution in [2.24, 2.45) is 5.92 Å². The molecule has 1 aromatic heterocycles. The highest BCUT2D eigenvalue weighted by molar-refractivity contribution is 6.22. The zero-order valence-electron chi connectivity index (χ0n) is 25.3. The van der Waals surface area contributed by atoms with Crippen LogP contribution < -0.4 is 4.90 Å². The number of allylic oxidation sites excluding steroid dienone is 7. The molecule has 0 bridgehead atoms. The normalized spacial score (nSPS) is 15.6. The number of benzene rings is 6. The smallest absolute Gasteiger partial charge is 0.160 e. The van der Waals surface area contributed by atoms with E-state index in [1.165, 1.54) is 27.5 Å². The van der Waals surface area contributed by atoms with Gasteiger partial charge in [-0.2, -0.15) is 0 Å². The summed E-state index contributed by atoms with van der Waals surface area (Å²) in [5, 5.41) is 4.69. The Morgan fingerprint density at radius 1 is 0.609 bits per heavy atom. The van der Waals surface area contributed by atoms with E-state index in [0.717, 1.165) is 56.6 Å². The molecule has 0 spiro atoms. The van der Waals surface area contributed by atoms with Crippen LogP contribution in [0.25, 0.3) is 55.0 Å². The largest absolute Gasteiger partial charge is 0.454 e. The van der Waals surface area contributed by atoms with E-state index in [1.54, 1.807) is 0 Å². The first-order valence-corrected chi connectivity index (χ1v) is 16.0. The van der Waals surface area contributed by atoms with Crippen LogP contribution in [0.5, 0.6) is 0 Å². The van der Waals surface area contributed by atoms with Crippen LogP contribution in [0.15, 0.2) is 186 Å².